The Labute approximate surface area is 127 Å². The highest BCUT2D eigenvalue weighted by molar-refractivity contribution is 5.76. The average Bonchev–Trinajstić information content (AvgIpc) is 2.45. The number of nitrogens with zero attached hydrogens (tertiary/aromatic N) is 1. The van der Waals surface area contributed by atoms with Crippen molar-refractivity contribution in [2.45, 2.75) is 38.1 Å². The van der Waals surface area contributed by atoms with E-state index >= 15 is 0 Å². The van der Waals surface area contributed by atoms with E-state index in [1.807, 2.05) is 0 Å². The van der Waals surface area contributed by atoms with E-state index < -0.39 is 6.36 Å². The molecular weight excluding hydrogens is 297 g/mol. The number of hydrogen-bond acceptors (Lipinski definition) is 3. The van der Waals surface area contributed by atoms with Crippen LogP contribution in [0, 0.1) is 0 Å². The molecule has 4 nitrogen and oxygen atoms in total. The van der Waals surface area contributed by atoms with Gasteiger partial charge in [0.15, 0.2) is 0 Å². The highest BCUT2D eigenvalue weighted by Gasteiger charge is 2.30. The molecule has 0 aliphatic carbocycles. The minimum Gasteiger partial charge on any atom is -0.406 e. The van der Waals surface area contributed by atoms with E-state index in [1.54, 1.807) is 17.0 Å². The monoisotopic (exact) mass is 316 g/mol. The molecule has 1 aliphatic heterocycles. The van der Waals surface area contributed by atoms with E-state index in [1.165, 1.54) is 12.1 Å². The van der Waals surface area contributed by atoms with E-state index in [-0.39, 0.29) is 17.7 Å². The third kappa shape index (κ3) is 5.22. The van der Waals surface area contributed by atoms with Crippen LogP contribution in [0.1, 0.15) is 24.8 Å². The summed E-state index contributed by atoms with van der Waals surface area (Å²) in [5.41, 5.74) is 6.59. The summed E-state index contributed by atoms with van der Waals surface area (Å²) in [5, 5.41) is 0. The minimum absolute atomic E-state index is 0.0579. The van der Waals surface area contributed by atoms with E-state index in [2.05, 4.69) is 4.74 Å². The molecule has 1 aromatic rings. The third-order valence-electron chi connectivity index (χ3n) is 3.68. The molecule has 2 N–H and O–H groups in total. The maximum atomic E-state index is 12.0. The summed E-state index contributed by atoms with van der Waals surface area (Å²) in [5.74, 6) is -0.199. The van der Waals surface area contributed by atoms with Gasteiger partial charge in [-0.3, -0.25) is 4.79 Å². The number of amides is 1. The summed E-state index contributed by atoms with van der Waals surface area (Å²) in [6, 6.07) is 5.77. The van der Waals surface area contributed by atoms with Crippen molar-refractivity contribution in [2.24, 2.45) is 5.73 Å². The van der Waals surface area contributed by atoms with Crippen LogP contribution >= 0.6 is 0 Å². The largest absolute Gasteiger partial charge is 0.573 e. The van der Waals surface area contributed by atoms with Crippen LogP contribution in [0.2, 0.25) is 0 Å². The number of piperidine rings is 1. The van der Waals surface area contributed by atoms with E-state index in [0.717, 1.165) is 18.4 Å². The van der Waals surface area contributed by atoms with Crippen molar-refractivity contribution in [1.29, 1.82) is 0 Å². The predicted octanol–water partition coefficient (Wildman–Crippen LogP) is 2.47. The van der Waals surface area contributed by atoms with Crippen LogP contribution in [0.3, 0.4) is 0 Å². The molecule has 1 heterocycles. The fourth-order valence-electron chi connectivity index (χ4n) is 2.42. The Hall–Kier alpha value is -1.76. The summed E-state index contributed by atoms with van der Waals surface area (Å²) in [7, 11) is 0. The van der Waals surface area contributed by atoms with Crippen molar-refractivity contribution in [2.75, 3.05) is 13.1 Å². The van der Waals surface area contributed by atoms with Gasteiger partial charge in [0.2, 0.25) is 5.91 Å². The van der Waals surface area contributed by atoms with Gasteiger partial charge >= 0.3 is 6.36 Å². The highest BCUT2D eigenvalue weighted by Crippen LogP contribution is 2.23. The molecule has 0 bridgehead atoms. The molecule has 122 valence electrons. The van der Waals surface area contributed by atoms with Gasteiger partial charge in [-0.2, -0.15) is 0 Å². The highest BCUT2D eigenvalue weighted by atomic mass is 19.4. The lowest BCUT2D eigenvalue weighted by atomic mass is 10.0. The second kappa shape index (κ2) is 7.00. The van der Waals surface area contributed by atoms with Crippen LogP contribution in [0.25, 0.3) is 0 Å². The lowest BCUT2D eigenvalue weighted by Crippen LogP contribution is -2.42. The van der Waals surface area contributed by atoms with Crippen LogP contribution in [0.5, 0.6) is 5.75 Å². The molecule has 1 amide bonds. The standard InChI is InChI=1S/C15H19F3N2O2/c16-15(17,18)22-13-4-1-11(2-5-13)3-6-14(21)20-9-7-12(19)8-10-20/h1-2,4-5,12H,3,6-10,19H2. The fraction of sp³-hybridized carbons (Fsp3) is 0.533. The van der Waals surface area contributed by atoms with Crippen molar-refractivity contribution in [1.82, 2.24) is 4.90 Å². The number of nitrogens with two attached hydrogens (primary N) is 1. The first-order valence-corrected chi connectivity index (χ1v) is 7.21. The lowest BCUT2D eigenvalue weighted by molar-refractivity contribution is -0.274. The first kappa shape index (κ1) is 16.6. The number of aryl methyl sites for hydroxylation is 1. The van der Waals surface area contributed by atoms with Crippen molar-refractivity contribution >= 4 is 5.91 Å². The Morgan fingerprint density at radius 2 is 1.82 bits per heavy atom. The van der Waals surface area contributed by atoms with Crippen molar-refractivity contribution in [3.63, 3.8) is 0 Å². The normalized spacial score (nSPS) is 16.6. The maximum Gasteiger partial charge on any atom is 0.573 e. The molecule has 22 heavy (non-hydrogen) atoms. The molecule has 0 aromatic heterocycles. The molecular formula is C15H19F3N2O2. The molecule has 1 fully saturated rings. The second-order valence-electron chi connectivity index (χ2n) is 5.41. The van der Waals surface area contributed by atoms with Crippen molar-refractivity contribution in [3.8, 4) is 5.75 Å². The molecule has 0 saturated carbocycles. The first-order valence-electron chi connectivity index (χ1n) is 7.21. The first-order chi connectivity index (χ1) is 10.3. The molecule has 1 aliphatic rings. The molecule has 1 aromatic carbocycles. The number of likely N-dealkylation sites (tertiary alicyclic amines) is 1. The molecule has 0 unspecified atom stereocenters. The maximum absolute atomic E-state index is 12.0. The zero-order valence-corrected chi connectivity index (χ0v) is 12.1. The van der Waals surface area contributed by atoms with Crippen LogP contribution in [-0.2, 0) is 11.2 Å². The number of ether oxygens (including phenoxy) is 1. The van der Waals surface area contributed by atoms with Crippen molar-refractivity contribution in [3.05, 3.63) is 29.8 Å². The van der Waals surface area contributed by atoms with Crippen molar-refractivity contribution < 1.29 is 22.7 Å². The zero-order valence-electron chi connectivity index (χ0n) is 12.1. The molecule has 2 rings (SSSR count). The summed E-state index contributed by atoms with van der Waals surface area (Å²) < 4.78 is 39.9. The molecule has 0 spiro atoms. The molecule has 0 radical (unpaired) electrons. The van der Waals surface area contributed by atoms with Gasteiger partial charge in [-0.25, -0.2) is 0 Å². The summed E-state index contributed by atoms with van der Waals surface area (Å²) in [4.78, 5) is 13.8. The van der Waals surface area contributed by atoms with E-state index in [9.17, 15) is 18.0 Å². The Morgan fingerprint density at radius 3 is 2.36 bits per heavy atom. The number of carbonyl (C=O) groups excluding carboxylic acids is 1. The second-order valence-corrected chi connectivity index (χ2v) is 5.41. The van der Waals surface area contributed by atoms with Gasteiger partial charge in [-0.1, -0.05) is 12.1 Å². The van der Waals surface area contributed by atoms with E-state index in [4.69, 9.17) is 5.73 Å². The zero-order chi connectivity index (χ0) is 16.2. The van der Waals surface area contributed by atoms with Gasteiger partial charge in [0.25, 0.3) is 0 Å². The molecule has 1 saturated heterocycles. The number of rotatable bonds is 4. The number of hydrogen-bond donors (Lipinski definition) is 1. The van der Waals surface area contributed by atoms with Crippen LogP contribution in [0.15, 0.2) is 24.3 Å². The van der Waals surface area contributed by atoms with Crippen LogP contribution in [0.4, 0.5) is 13.2 Å². The minimum atomic E-state index is -4.69. The molecule has 0 atom stereocenters. The SMILES string of the molecule is NC1CCN(C(=O)CCc2ccc(OC(F)(F)F)cc2)CC1. The number of halogens is 3. The lowest BCUT2D eigenvalue weighted by Gasteiger charge is -2.30. The average molecular weight is 316 g/mol. The number of carbonyl (C=O) groups is 1. The Kier molecular flexibility index (Phi) is 5.28. The van der Waals surface area contributed by atoms with Gasteiger partial charge in [0.1, 0.15) is 5.75 Å². The number of benzene rings is 1. The Bertz CT molecular complexity index is 495. The van der Waals surface area contributed by atoms with Crippen LogP contribution < -0.4 is 10.5 Å². The fourth-order valence-corrected chi connectivity index (χ4v) is 2.42. The summed E-state index contributed by atoms with van der Waals surface area (Å²) in [6.07, 6.45) is -2.22. The Morgan fingerprint density at radius 1 is 1.23 bits per heavy atom. The summed E-state index contributed by atoms with van der Waals surface area (Å²) >= 11 is 0. The van der Waals surface area contributed by atoms with Crippen LogP contribution in [-0.4, -0.2) is 36.3 Å². The van der Waals surface area contributed by atoms with Gasteiger partial charge in [0.05, 0.1) is 0 Å². The quantitative estimate of drug-likeness (QED) is 0.928. The van der Waals surface area contributed by atoms with Gasteiger partial charge in [0, 0.05) is 25.6 Å². The summed E-state index contributed by atoms with van der Waals surface area (Å²) in [6.45, 7) is 1.36. The van der Waals surface area contributed by atoms with E-state index in [0.29, 0.717) is 25.9 Å². The van der Waals surface area contributed by atoms with Gasteiger partial charge in [-0.05, 0) is 37.0 Å². The number of alkyl halides is 3. The Balaban J connectivity index is 1.80. The topological polar surface area (TPSA) is 55.6 Å². The smallest absolute Gasteiger partial charge is 0.406 e. The van der Waals surface area contributed by atoms with Gasteiger partial charge < -0.3 is 15.4 Å². The van der Waals surface area contributed by atoms with Gasteiger partial charge in [-0.15, -0.1) is 13.2 Å². The third-order valence-corrected chi connectivity index (χ3v) is 3.68. The predicted molar refractivity (Wildman–Crippen MR) is 75.2 cm³/mol. The molecule has 7 heteroatoms.